The van der Waals surface area contributed by atoms with Crippen molar-refractivity contribution in [2.75, 3.05) is 0 Å². The summed E-state index contributed by atoms with van der Waals surface area (Å²) < 4.78 is 0. The van der Waals surface area contributed by atoms with E-state index >= 15 is 0 Å². The molecule has 0 heterocycles. The third-order valence-corrected chi connectivity index (χ3v) is 0.0962. The van der Waals surface area contributed by atoms with Gasteiger partial charge in [0.2, 0.25) is 0 Å². The van der Waals surface area contributed by atoms with Crippen LogP contribution in [0, 0.1) is 6.92 Å². The maximum atomic E-state index is 9.05. The number of carbonyl (C=O) groups is 1. The molecule has 0 aromatic heterocycles. The predicted molar refractivity (Wildman–Crippen MR) is 15.0 cm³/mol. The lowest BCUT2D eigenvalue weighted by Crippen LogP contribution is -1.55. The molecule has 4 heavy (non-hydrogen) atoms. The highest BCUT2D eigenvalue weighted by molar-refractivity contribution is 5.49. The summed E-state index contributed by atoms with van der Waals surface area (Å²) in [7, 11) is 0. The van der Waals surface area contributed by atoms with E-state index in [9.17, 15) is 0 Å². The van der Waals surface area contributed by atoms with E-state index in [1.54, 1.807) is 0 Å². The molecule has 0 spiro atoms. The van der Waals surface area contributed by atoms with Crippen molar-refractivity contribution in [3.8, 4) is 0 Å². The van der Waals surface area contributed by atoms with Crippen LogP contribution >= 0.6 is 0 Å². The lowest BCUT2D eigenvalue weighted by Gasteiger charge is -1.50. The molecule has 0 fully saturated rings. The second-order valence-electron chi connectivity index (χ2n) is 0.402. The van der Waals surface area contributed by atoms with Crippen molar-refractivity contribution < 1.29 is 4.79 Å². The van der Waals surface area contributed by atoms with Gasteiger partial charge < -0.3 is 4.79 Å². The first kappa shape index (κ1) is 3.67. The Hall–Kier alpha value is -0.330. The Labute approximate surface area is 25.6 Å². The normalized spacial score (nSPS) is 6.25. The van der Waals surface area contributed by atoms with Crippen LogP contribution in [0.25, 0.3) is 0 Å². The van der Waals surface area contributed by atoms with Crippen LogP contribution in [0.4, 0.5) is 0 Å². The molecule has 0 saturated carbocycles. The van der Waals surface area contributed by atoms with Gasteiger partial charge in [0.25, 0.3) is 0 Å². The van der Waals surface area contributed by atoms with Crippen molar-refractivity contribution >= 4 is 6.29 Å². The Balaban J connectivity index is 2.30. The highest BCUT2D eigenvalue weighted by atomic mass is 16.1. The van der Waals surface area contributed by atoms with E-state index in [2.05, 4.69) is 6.92 Å². The molecular weight excluding hydrogens is 52.0 g/mol. The fraction of sp³-hybridized carbons (Fsp3) is 0.333. The Bertz CT molecular complexity index is 17.2. The molecule has 22 valence electrons. The molecule has 0 bridgehead atoms. The Kier molecular flexibility index (Phi) is 2.45. The molecular formula is C3H4O. The first-order chi connectivity index (χ1) is 1.91. The van der Waals surface area contributed by atoms with E-state index in [1.807, 2.05) is 0 Å². The third-order valence-electron chi connectivity index (χ3n) is 0.0962. The van der Waals surface area contributed by atoms with E-state index in [0.717, 1.165) is 0 Å². The summed E-state index contributed by atoms with van der Waals surface area (Å²) in [5.41, 5.74) is 0. The number of rotatable bonds is 1. The van der Waals surface area contributed by atoms with Gasteiger partial charge in [-0.05, 0) is 6.92 Å². The summed E-state index contributed by atoms with van der Waals surface area (Å²) in [6, 6.07) is 0. The lowest BCUT2D eigenvalue weighted by atomic mass is 10.6. The van der Waals surface area contributed by atoms with Gasteiger partial charge in [-0.25, -0.2) is 0 Å². The zero-order chi connectivity index (χ0) is 3.41. The number of carbonyl (C=O) groups excluding carboxylic acids is 1. The minimum absolute atomic E-state index is 0.139. The van der Waals surface area contributed by atoms with Gasteiger partial charge in [-0.1, -0.05) is 0 Å². The summed E-state index contributed by atoms with van der Waals surface area (Å²) >= 11 is 0. The maximum Gasteiger partial charge on any atom is 0.120 e. The Morgan fingerprint density at radius 3 is 2.25 bits per heavy atom. The molecule has 0 aliphatic heterocycles. The third kappa shape index (κ3) is 1.67. The van der Waals surface area contributed by atoms with Gasteiger partial charge in [0.15, 0.2) is 0 Å². The molecule has 0 saturated heterocycles. The fourth-order valence-electron chi connectivity index (χ4n) is 0. The van der Waals surface area contributed by atoms with Crippen LogP contribution in [-0.4, -0.2) is 6.29 Å². The number of hydrogen-bond donors (Lipinski definition) is 0. The van der Waals surface area contributed by atoms with Gasteiger partial charge in [-0.15, -0.1) is 0 Å². The minimum Gasteiger partial charge on any atom is -0.303 e. The minimum atomic E-state index is 0.139. The predicted octanol–water partition coefficient (Wildman–Crippen LogP) is 0.286. The largest absolute Gasteiger partial charge is 0.303 e. The highest BCUT2D eigenvalue weighted by Gasteiger charge is 1.53. The Morgan fingerprint density at radius 1 is 2.00 bits per heavy atom. The van der Waals surface area contributed by atoms with Gasteiger partial charge in [0.1, 0.15) is 6.29 Å². The first-order valence-electron chi connectivity index (χ1n) is 1.05. The van der Waals surface area contributed by atoms with Crippen LogP contribution in [0.1, 0.15) is 6.42 Å². The molecule has 0 unspecified atom stereocenters. The number of aldehydes is 1. The zero-order valence-corrected chi connectivity index (χ0v) is 2.27. The second-order valence-corrected chi connectivity index (χ2v) is 0.402. The van der Waals surface area contributed by atoms with E-state index in [4.69, 9.17) is 4.79 Å². The molecule has 0 atom stereocenters. The summed E-state index contributed by atoms with van der Waals surface area (Å²) in [6.45, 7) is 4.66. The van der Waals surface area contributed by atoms with Crippen LogP contribution in [0.5, 0.6) is 0 Å². The molecule has 0 aliphatic rings. The van der Waals surface area contributed by atoms with Crippen molar-refractivity contribution in [2.24, 2.45) is 0 Å². The molecule has 1 heteroatoms. The summed E-state index contributed by atoms with van der Waals surface area (Å²) in [5, 5.41) is 0. The Morgan fingerprint density at radius 2 is 2.25 bits per heavy atom. The molecule has 2 radical (unpaired) electrons. The molecule has 1 nitrogen and oxygen atoms in total. The number of hydrogen-bond acceptors (Lipinski definition) is 1. The van der Waals surface area contributed by atoms with Crippen LogP contribution in [0.2, 0.25) is 0 Å². The van der Waals surface area contributed by atoms with Crippen LogP contribution in [-0.2, 0) is 4.79 Å². The van der Waals surface area contributed by atoms with Crippen molar-refractivity contribution in [2.45, 2.75) is 6.42 Å². The molecule has 0 aromatic rings. The maximum absolute atomic E-state index is 9.05. The molecule has 0 aromatic carbocycles. The summed E-state index contributed by atoms with van der Waals surface area (Å²) in [5.74, 6) is 0. The first-order valence-corrected chi connectivity index (χ1v) is 1.05. The topological polar surface area (TPSA) is 17.1 Å². The quantitative estimate of drug-likeness (QED) is 0.394. The zero-order valence-electron chi connectivity index (χ0n) is 2.27. The van der Waals surface area contributed by atoms with Crippen LogP contribution in [0.3, 0.4) is 0 Å². The van der Waals surface area contributed by atoms with Crippen molar-refractivity contribution in [3.63, 3.8) is 0 Å². The molecule has 0 rings (SSSR count). The van der Waals surface area contributed by atoms with E-state index in [0.29, 0.717) is 6.29 Å². The van der Waals surface area contributed by atoms with Gasteiger partial charge in [-0.2, -0.15) is 0 Å². The van der Waals surface area contributed by atoms with Crippen LogP contribution < -0.4 is 0 Å². The van der Waals surface area contributed by atoms with Gasteiger partial charge >= 0.3 is 0 Å². The fourth-order valence-corrected chi connectivity index (χ4v) is 0. The molecule has 0 amide bonds. The van der Waals surface area contributed by atoms with Gasteiger partial charge in [0, 0.05) is 6.42 Å². The lowest BCUT2D eigenvalue weighted by molar-refractivity contribution is -0.107. The van der Waals surface area contributed by atoms with E-state index < -0.39 is 0 Å². The average molecular weight is 56.1 g/mol. The monoisotopic (exact) mass is 56.0 g/mol. The SMILES string of the molecule is [CH]CC=O. The van der Waals surface area contributed by atoms with E-state index in [-0.39, 0.29) is 6.42 Å². The molecule has 0 aliphatic carbocycles. The van der Waals surface area contributed by atoms with Crippen molar-refractivity contribution in [3.05, 3.63) is 6.92 Å². The van der Waals surface area contributed by atoms with E-state index in [1.165, 1.54) is 0 Å². The summed E-state index contributed by atoms with van der Waals surface area (Å²) in [4.78, 5) is 9.05. The highest BCUT2D eigenvalue weighted by Crippen LogP contribution is 1.51. The smallest absolute Gasteiger partial charge is 0.120 e. The standard InChI is InChI=1S/C3H4O/c1-2-3-4/h1,3H,2H2. The van der Waals surface area contributed by atoms with Gasteiger partial charge in [0.05, 0.1) is 0 Å². The van der Waals surface area contributed by atoms with Crippen molar-refractivity contribution in [1.29, 1.82) is 0 Å². The average Bonchev–Trinajstić information content (AvgIpc) is 1.37. The summed E-state index contributed by atoms with van der Waals surface area (Å²) in [6.07, 6.45) is 0.792. The van der Waals surface area contributed by atoms with Crippen LogP contribution in [0.15, 0.2) is 0 Å². The second kappa shape index (κ2) is 2.67. The molecule has 0 N–H and O–H groups in total. The van der Waals surface area contributed by atoms with Gasteiger partial charge in [-0.3, -0.25) is 0 Å². The van der Waals surface area contributed by atoms with Crippen molar-refractivity contribution in [1.82, 2.24) is 0 Å².